The largest absolute Gasteiger partial charge is 0.361 e. The highest BCUT2D eigenvalue weighted by Gasteiger charge is 2.07. The van der Waals surface area contributed by atoms with Gasteiger partial charge in [-0.05, 0) is 30.3 Å². The number of carbonyl (C=O) groups is 2. The van der Waals surface area contributed by atoms with Gasteiger partial charge in [-0.1, -0.05) is 18.2 Å². The summed E-state index contributed by atoms with van der Waals surface area (Å²) in [6.45, 7) is 0. The van der Waals surface area contributed by atoms with Crippen LogP contribution in [0.5, 0.6) is 0 Å². The van der Waals surface area contributed by atoms with Gasteiger partial charge in [-0.15, -0.1) is 0 Å². The fraction of sp³-hybridized carbons (Fsp3) is 0.105. The summed E-state index contributed by atoms with van der Waals surface area (Å²) in [6, 6.07) is 13.2. The van der Waals surface area contributed by atoms with Gasteiger partial charge >= 0.3 is 0 Å². The number of para-hydroxylation sites is 1. The first kappa shape index (κ1) is 17.3. The molecule has 26 heavy (non-hydrogen) atoms. The molecule has 0 radical (unpaired) electrons. The van der Waals surface area contributed by atoms with Crippen LogP contribution < -0.4 is 10.7 Å². The fourth-order valence-corrected chi connectivity index (χ4v) is 2.41. The Morgan fingerprint density at radius 1 is 1.04 bits per heavy atom. The number of nitrogens with zero attached hydrogens (tertiary/aromatic N) is 1. The van der Waals surface area contributed by atoms with E-state index in [1.165, 1.54) is 24.3 Å². The van der Waals surface area contributed by atoms with Gasteiger partial charge in [0.05, 0.1) is 6.21 Å². The van der Waals surface area contributed by atoms with Crippen LogP contribution in [0.2, 0.25) is 0 Å². The second-order valence-electron chi connectivity index (χ2n) is 5.64. The molecule has 2 aromatic carbocycles. The molecule has 1 aromatic heterocycles. The molecule has 0 fully saturated rings. The Labute approximate surface area is 149 Å². The highest BCUT2D eigenvalue weighted by atomic mass is 19.1. The van der Waals surface area contributed by atoms with Gasteiger partial charge in [-0.3, -0.25) is 9.59 Å². The van der Waals surface area contributed by atoms with E-state index in [4.69, 9.17) is 0 Å². The number of H-pyrrole nitrogens is 1. The SMILES string of the molecule is O=C(CCC(=O)Nc1ccc(F)cc1)NN=Cc1c[nH]c2ccccc12. The number of hydrazone groups is 1. The van der Waals surface area contributed by atoms with Crippen molar-refractivity contribution in [1.29, 1.82) is 0 Å². The second-order valence-corrected chi connectivity index (χ2v) is 5.64. The number of anilines is 1. The summed E-state index contributed by atoms with van der Waals surface area (Å²) in [5.41, 5.74) is 4.72. The molecule has 0 bridgehead atoms. The number of nitrogens with one attached hydrogen (secondary N) is 3. The smallest absolute Gasteiger partial charge is 0.240 e. The van der Waals surface area contributed by atoms with E-state index in [-0.39, 0.29) is 30.5 Å². The molecular weight excluding hydrogens is 335 g/mol. The van der Waals surface area contributed by atoms with Crippen molar-refractivity contribution in [3.05, 3.63) is 66.1 Å². The van der Waals surface area contributed by atoms with Gasteiger partial charge in [0.2, 0.25) is 11.8 Å². The third-order valence-electron chi connectivity index (χ3n) is 3.72. The lowest BCUT2D eigenvalue weighted by Gasteiger charge is -2.04. The van der Waals surface area contributed by atoms with Crippen molar-refractivity contribution in [2.24, 2.45) is 5.10 Å². The number of aromatic amines is 1. The van der Waals surface area contributed by atoms with E-state index in [0.717, 1.165) is 16.5 Å². The van der Waals surface area contributed by atoms with Gasteiger partial charge in [0.25, 0.3) is 0 Å². The summed E-state index contributed by atoms with van der Waals surface area (Å²) in [6.07, 6.45) is 3.36. The Kier molecular flexibility index (Phi) is 5.38. The van der Waals surface area contributed by atoms with Crippen molar-refractivity contribution in [2.45, 2.75) is 12.8 Å². The Bertz CT molecular complexity index is 948. The van der Waals surface area contributed by atoms with E-state index in [2.05, 4.69) is 20.8 Å². The second kappa shape index (κ2) is 8.06. The van der Waals surface area contributed by atoms with Crippen LogP contribution in [0.25, 0.3) is 10.9 Å². The zero-order valence-electron chi connectivity index (χ0n) is 13.8. The molecule has 1 heterocycles. The van der Waals surface area contributed by atoms with Gasteiger partial charge in [0.1, 0.15) is 5.82 Å². The van der Waals surface area contributed by atoms with Gasteiger partial charge in [-0.25, -0.2) is 9.82 Å². The van der Waals surface area contributed by atoms with Gasteiger partial charge in [0, 0.05) is 41.2 Å². The highest BCUT2D eigenvalue weighted by molar-refractivity contribution is 5.99. The maximum absolute atomic E-state index is 12.8. The van der Waals surface area contributed by atoms with E-state index < -0.39 is 0 Å². The number of hydrogen-bond acceptors (Lipinski definition) is 3. The van der Waals surface area contributed by atoms with Crippen LogP contribution in [0.3, 0.4) is 0 Å². The lowest BCUT2D eigenvalue weighted by Crippen LogP contribution is -2.20. The number of fused-ring (bicyclic) bond motifs is 1. The number of benzene rings is 2. The monoisotopic (exact) mass is 352 g/mol. The maximum atomic E-state index is 12.8. The lowest BCUT2D eigenvalue weighted by atomic mass is 10.2. The number of halogens is 1. The molecule has 2 amide bonds. The van der Waals surface area contributed by atoms with E-state index in [9.17, 15) is 14.0 Å². The Morgan fingerprint density at radius 2 is 1.77 bits per heavy atom. The van der Waals surface area contributed by atoms with Crippen molar-refractivity contribution in [1.82, 2.24) is 10.4 Å². The average Bonchev–Trinajstić information content (AvgIpc) is 3.05. The molecule has 6 nitrogen and oxygen atoms in total. The molecule has 0 saturated carbocycles. The quantitative estimate of drug-likeness (QED) is 0.470. The third kappa shape index (κ3) is 4.54. The van der Waals surface area contributed by atoms with Crippen molar-refractivity contribution >= 4 is 34.6 Å². The van der Waals surface area contributed by atoms with Crippen LogP contribution in [-0.4, -0.2) is 23.0 Å². The molecule has 0 aliphatic heterocycles. The minimum atomic E-state index is -0.379. The molecule has 0 saturated heterocycles. The molecule has 0 aliphatic carbocycles. The van der Waals surface area contributed by atoms with Crippen LogP contribution >= 0.6 is 0 Å². The molecule has 3 N–H and O–H groups in total. The average molecular weight is 352 g/mol. The van der Waals surface area contributed by atoms with Gasteiger partial charge in [0.15, 0.2) is 0 Å². The Hall–Kier alpha value is -3.48. The van der Waals surface area contributed by atoms with Crippen LogP contribution in [0.1, 0.15) is 18.4 Å². The number of rotatable bonds is 6. The Balaban J connectivity index is 1.45. The highest BCUT2D eigenvalue weighted by Crippen LogP contribution is 2.15. The number of amides is 2. The lowest BCUT2D eigenvalue weighted by molar-refractivity contribution is -0.124. The first-order valence-electron chi connectivity index (χ1n) is 8.05. The number of aromatic nitrogens is 1. The first-order chi connectivity index (χ1) is 12.6. The summed E-state index contributed by atoms with van der Waals surface area (Å²) in [7, 11) is 0. The molecular formula is C19H17FN4O2. The van der Waals surface area contributed by atoms with Crippen LogP contribution in [-0.2, 0) is 9.59 Å². The molecule has 3 rings (SSSR count). The van der Waals surface area contributed by atoms with Gasteiger partial charge < -0.3 is 10.3 Å². The minimum absolute atomic E-state index is 0.00173. The van der Waals surface area contributed by atoms with Crippen molar-refractivity contribution < 1.29 is 14.0 Å². The molecule has 7 heteroatoms. The van der Waals surface area contributed by atoms with Crippen LogP contribution in [0.15, 0.2) is 59.8 Å². The zero-order chi connectivity index (χ0) is 18.4. The van der Waals surface area contributed by atoms with E-state index in [1.54, 1.807) is 12.4 Å². The number of hydrogen-bond donors (Lipinski definition) is 3. The summed E-state index contributed by atoms with van der Waals surface area (Å²) >= 11 is 0. The van der Waals surface area contributed by atoms with Crippen LogP contribution in [0, 0.1) is 5.82 Å². The van der Waals surface area contributed by atoms with E-state index in [0.29, 0.717) is 5.69 Å². The summed E-state index contributed by atoms with van der Waals surface area (Å²) in [5.74, 6) is -1.07. The molecule has 0 unspecified atom stereocenters. The normalized spacial score (nSPS) is 11.0. The van der Waals surface area contributed by atoms with Gasteiger partial charge in [-0.2, -0.15) is 5.10 Å². The van der Waals surface area contributed by atoms with Crippen molar-refractivity contribution in [3.63, 3.8) is 0 Å². The fourth-order valence-electron chi connectivity index (χ4n) is 2.41. The summed E-state index contributed by atoms with van der Waals surface area (Å²) in [5, 5.41) is 7.52. The molecule has 0 atom stereocenters. The minimum Gasteiger partial charge on any atom is -0.361 e. The summed E-state index contributed by atoms with van der Waals surface area (Å²) in [4.78, 5) is 26.7. The Morgan fingerprint density at radius 3 is 2.58 bits per heavy atom. The topological polar surface area (TPSA) is 86.3 Å². The van der Waals surface area contributed by atoms with Crippen molar-refractivity contribution in [2.75, 3.05) is 5.32 Å². The van der Waals surface area contributed by atoms with Crippen LogP contribution in [0.4, 0.5) is 10.1 Å². The van der Waals surface area contributed by atoms with E-state index in [1.807, 2.05) is 24.3 Å². The van der Waals surface area contributed by atoms with E-state index >= 15 is 0 Å². The molecule has 0 aliphatic rings. The molecule has 0 spiro atoms. The first-order valence-corrected chi connectivity index (χ1v) is 8.05. The predicted octanol–water partition coefficient (Wildman–Crippen LogP) is 3.18. The number of carbonyl (C=O) groups excluding carboxylic acids is 2. The third-order valence-corrected chi connectivity index (χ3v) is 3.72. The zero-order valence-corrected chi connectivity index (χ0v) is 13.8. The standard InChI is InChI=1S/C19H17FN4O2/c20-14-5-7-15(8-6-14)23-18(25)9-10-19(26)24-22-12-13-11-21-17-4-2-1-3-16(13)17/h1-8,11-12,21H,9-10H2,(H,23,25)(H,24,26). The summed E-state index contributed by atoms with van der Waals surface area (Å²) < 4.78 is 12.8. The predicted molar refractivity (Wildman–Crippen MR) is 98.3 cm³/mol. The molecule has 132 valence electrons. The maximum Gasteiger partial charge on any atom is 0.240 e. The van der Waals surface area contributed by atoms with Crippen molar-refractivity contribution in [3.8, 4) is 0 Å². The molecule has 3 aromatic rings.